The minimum Gasteiger partial charge on any atom is -0.497 e. The largest absolute Gasteiger partial charge is 0.497 e. The number of hydrogen-bond acceptors (Lipinski definition) is 4. The third-order valence-corrected chi connectivity index (χ3v) is 4.41. The van der Waals surface area contributed by atoms with E-state index >= 15 is 0 Å². The van der Waals surface area contributed by atoms with E-state index in [1.165, 1.54) is 6.07 Å². The number of methoxy groups -OCH3 is 1. The Bertz CT molecular complexity index is 1050. The number of carbonyl (C=O) groups is 1. The average Bonchev–Trinajstić information content (AvgIpc) is 3.03. The molecule has 0 fully saturated rings. The van der Waals surface area contributed by atoms with Crippen LogP contribution in [0.25, 0.3) is 6.08 Å². The van der Waals surface area contributed by atoms with Gasteiger partial charge in [-0.3, -0.25) is 4.79 Å². The summed E-state index contributed by atoms with van der Waals surface area (Å²) in [6.45, 7) is 0.0912. The van der Waals surface area contributed by atoms with E-state index in [4.69, 9.17) is 14.2 Å². The van der Waals surface area contributed by atoms with E-state index in [0.717, 1.165) is 11.3 Å². The molecule has 0 bridgehead atoms. The van der Waals surface area contributed by atoms with E-state index in [9.17, 15) is 9.18 Å². The smallest absolute Gasteiger partial charge is 0.231 e. The van der Waals surface area contributed by atoms with Crippen molar-refractivity contribution < 1.29 is 23.4 Å². The molecule has 0 saturated heterocycles. The molecular formula is C23H17FO4. The second-order valence-corrected chi connectivity index (χ2v) is 6.25. The summed E-state index contributed by atoms with van der Waals surface area (Å²) in [5.74, 6) is 1.40. The van der Waals surface area contributed by atoms with E-state index in [0.29, 0.717) is 22.6 Å². The topological polar surface area (TPSA) is 44.8 Å². The van der Waals surface area contributed by atoms with Crippen molar-refractivity contribution in [2.45, 2.75) is 6.61 Å². The van der Waals surface area contributed by atoms with Crippen LogP contribution in [0.4, 0.5) is 4.39 Å². The Morgan fingerprint density at radius 2 is 1.75 bits per heavy atom. The fraction of sp³-hybridized carbons (Fsp3) is 0.0870. The van der Waals surface area contributed by atoms with Gasteiger partial charge in [-0.2, -0.15) is 0 Å². The first-order chi connectivity index (χ1) is 13.6. The van der Waals surface area contributed by atoms with Gasteiger partial charge >= 0.3 is 0 Å². The van der Waals surface area contributed by atoms with Crippen LogP contribution >= 0.6 is 0 Å². The summed E-state index contributed by atoms with van der Waals surface area (Å²) in [6.07, 6.45) is 1.68. The summed E-state index contributed by atoms with van der Waals surface area (Å²) in [5.41, 5.74) is 1.76. The highest BCUT2D eigenvalue weighted by Gasteiger charge is 2.27. The molecule has 3 aromatic rings. The highest BCUT2D eigenvalue weighted by Crippen LogP contribution is 2.35. The maximum atomic E-state index is 13.7. The number of carbonyl (C=O) groups excluding carboxylic acids is 1. The zero-order valence-corrected chi connectivity index (χ0v) is 15.1. The number of Topliss-reactive ketones (excluding diaryl/α,β-unsaturated/α-hetero) is 1. The van der Waals surface area contributed by atoms with Crippen LogP contribution in [0.5, 0.6) is 17.2 Å². The van der Waals surface area contributed by atoms with Crippen LogP contribution < -0.4 is 14.2 Å². The second kappa shape index (κ2) is 7.56. The maximum absolute atomic E-state index is 13.7. The molecule has 5 heteroatoms. The SMILES string of the molecule is COc1ccc(/C=C2\Oc3cc(OCc4ccccc4F)ccc3C2=O)cc1. The van der Waals surface area contributed by atoms with E-state index in [1.54, 1.807) is 49.6 Å². The van der Waals surface area contributed by atoms with Crippen molar-refractivity contribution in [2.75, 3.05) is 7.11 Å². The predicted octanol–water partition coefficient (Wildman–Crippen LogP) is 5.03. The summed E-state index contributed by atoms with van der Waals surface area (Å²) in [5, 5.41) is 0. The zero-order valence-electron chi connectivity index (χ0n) is 15.1. The molecule has 0 aliphatic carbocycles. The summed E-state index contributed by atoms with van der Waals surface area (Å²) < 4.78 is 30.2. The molecule has 1 heterocycles. The van der Waals surface area contributed by atoms with E-state index in [-0.39, 0.29) is 24.0 Å². The monoisotopic (exact) mass is 376 g/mol. The second-order valence-electron chi connectivity index (χ2n) is 6.25. The predicted molar refractivity (Wildman–Crippen MR) is 103 cm³/mol. The van der Waals surface area contributed by atoms with Gasteiger partial charge in [0, 0.05) is 11.6 Å². The number of allylic oxidation sites excluding steroid dienone is 1. The van der Waals surface area contributed by atoms with Gasteiger partial charge in [-0.1, -0.05) is 30.3 Å². The van der Waals surface area contributed by atoms with Gasteiger partial charge in [0.2, 0.25) is 5.78 Å². The fourth-order valence-electron chi connectivity index (χ4n) is 2.89. The number of fused-ring (bicyclic) bond motifs is 1. The highest BCUT2D eigenvalue weighted by atomic mass is 19.1. The molecule has 1 aliphatic heterocycles. The Morgan fingerprint density at radius 3 is 2.50 bits per heavy atom. The van der Waals surface area contributed by atoms with Crippen LogP contribution in [0, 0.1) is 5.82 Å². The van der Waals surface area contributed by atoms with Crippen molar-refractivity contribution in [3.05, 3.63) is 95.0 Å². The van der Waals surface area contributed by atoms with Crippen molar-refractivity contribution in [3.8, 4) is 17.2 Å². The van der Waals surface area contributed by atoms with Gasteiger partial charge < -0.3 is 14.2 Å². The normalized spacial score (nSPS) is 13.9. The van der Waals surface area contributed by atoms with Crippen LogP contribution in [0.2, 0.25) is 0 Å². The summed E-state index contributed by atoms with van der Waals surface area (Å²) in [7, 11) is 1.60. The van der Waals surface area contributed by atoms with Crippen molar-refractivity contribution in [1.82, 2.24) is 0 Å². The lowest BCUT2D eigenvalue weighted by Crippen LogP contribution is -1.98. The molecule has 28 heavy (non-hydrogen) atoms. The Morgan fingerprint density at radius 1 is 1.00 bits per heavy atom. The first-order valence-electron chi connectivity index (χ1n) is 8.72. The van der Waals surface area contributed by atoms with E-state index in [2.05, 4.69) is 0 Å². The molecule has 0 amide bonds. The van der Waals surface area contributed by atoms with Gasteiger partial charge in [0.05, 0.1) is 12.7 Å². The number of ketones is 1. The first-order valence-corrected chi connectivity index (χ1v) is 8.72. The maximum Gasteiger partial charge on any atom is 0.231 e. The lowest BCUT2D eigenvalue weighted by Gasteiger charge is -2.08. The minimum atomic E-state index is -0.320. The zero-order chi connectivity index (χ0) is 19.5. The fourth-order valence-corrected chi connectivity index (χ4v) is 2.89. The molecule has 4 rings (SSSR count). The molecule has 0 saturated carbocycles. The Hall–Kier alpha value is -3.60. The molecule has 4 nitrogen and oxygen atoms in total. The van der Waals surface area contributed by atoms with Crippen LogP contribution in [0.15, 0.2) is 72.5 Å². The lowest BCUT2D eigenvalue weighted by atomic mass is 10.1. The van der Waals surface area contributed by atoms with Crippen molar-refractivity contribution in [3.63, 3.8) is 0 Å². The Kier molecular flexibility index (Phi) is 4.81. The van der Waals surface area contributed by atoms with Gasteiger partial charge in [0.25, 0.3) is 0 Å². The third kappa shape index (κ3) is 3.60. The van der Waals surface area contributed by atoms with Gasteiger partial charge in [0.1, 0.15) is 29.7 Å². The van der Waals surface area contributed by atoms with Crippen molar-refractivity contribution >= 4 is 11.9 Å². The summed E-state index contributed by atoms with van der Waals surface area (Å²) in [6, 6.07) is 18.7. The Balaban J connectivity index is 1.50. The summed E-state index contributed by atoms with van der Waals surface area (Å²) in [4.78, 5) is 12.6. The standard InChI is InChI=1S/C23H17FO4/c1-26-17-8-6-15(7-9-17)12-22-23(25)19-11-10-18(13-21(19)28-22)27-14-16-4-2-3-5-20(16)24/h2-13H,14H2,1H3/b22-12-. The Labute approximate surface area is 161 Å². The van der Waals surface area contributed by atoms with Crippen LogP contribution in [-0.4, -0.2) is 12.9 Å². The molecular weight excluding hydrogens is 359 g/mol. The van der Waals surface area contributed by atoms with Gasteiger partial charge in [0.15, 0.2) is 5.76 Å². The molecule has 140 valence electrons. The number of benzene rings is 3. The number of rotatable bonds is 5. The van der Waals surface area contributed by atoms with Crippen LogP contribution in [0.1, 0.15) is 21.5 Å². The van der Waals surface area contributed by atoms with E-state index in [1.807, 2.05) is 24.3 Å². The van der Waals surface area contributed by atoms with E-state index < -0.39 is 0 Å². The average molecular weight is 376 g/mol. The van der Waals surface area contributed by atoms with Gasteiger partial charge in [-0.25, -0.2) is 4.39 Å². The highest BCUT2D eigenvalue weighted by molar-refractivity contribution is 6.14. The molecule has 0 unspecified atom stereocenters. The van der Waals surface area contributed by atoms with Crippen LogP contribution in [0.3, 0.4) is 0 Å². The molecule has 3 aromatic carbocycles. The lowest BCUT2D eigenvalue weighted by molar-refractivity contribution is 0.101. The number of halogens is 1. The quantitative estimate of drug-likeness (QED) is 0.586. The van der Waals surface area contributed by atoms with Crippen LogP contribution in [-0.2, 0) is 6.61 Å². The van der Waals surface area contributed by atoms with Gasteiger partial charge in [-0.15, -0.1) is 0 Å². The van der Waals surface area contributed by atoms with Crippen molar-refractivity contribution in [2.24, 2.45) is 0 Å². The molecule has 0 aromatic heterocycles. The first kappa shape index (κ1) is 17.8. The molecule has 1 aliphatic rings. The molecule has 0 spiro atoms. The molecule has 0 radical (unpaired) electrons. The van der Waals surface area contributed by atoms with Crippen molar-refractivity contribution in [1.29, 1.82) is 0 Å². The number of hydrogen-bond donors (Lipinski definition) is 0. The third-order valence-electron chi connectivity index (χ3n) is 4.41. The van der Waals surface area contributed by atoms with Gasteiger partial charge in [-0.05, 0) is 42.0 Å². The summed E-state index contributed by atoms with van der Waals surface area (Å²) >= 11 is 0. The molecule has 0 atom stereocenters. The number of ether oxygens (including phenoxy) is 3. The molecule has 0 N–H and O–H groups in total. The minimum absolute atomic E-state index is 0.0912.